The lowest BCUT2D eigenvalue weighted by atomic mass is 9.96. The lowest BCUT2D eigenvalue weighted by molar-refractivity contribution is -0.296. The van der Waals surface area contributed by atoms with Crippen LogP contribution in [0.1, 0.15) is 22.3 Å². The van der Waals surface area contributed by atoms with E-state index in [-0.39, 0.29) is 33.0 Å². The highest BCUT2D eigenvalue weighted by Gasteiger charge is 2.53. The van der Waals surface area contributed by atoms with Gasteiger partial charge in [0.1, 0.15) is 36.6 Å². The first-order valence-electron chi connectivity index (χ1n) is 17.8. The van der Waals surface area contributed by atoms with Gasteiger partial charge in [-0.3, -0.25) is 0 Å². The molecule has 4 aromatic carbocycles. The molecular formula is C40H44N6O8. The first-order chi connectivity index (χ1) is 26.7. The first kappa shape index (κ1) is 38.9. The van der Waals surface area contributed by atoms with E-state index in [1.54, 1.807) is 0 Å². The van der Waals surface area contributed by atoms with Crippen molar-refractivity contribution in [1.29, 1.82) is 0 Å². The summed E-state index contributed by atoms with van der Waals surface area (Å²) in [5.74, 6) is 0. The molecule has 0 unspecified atom stereocenters. The molecule has 0 amide bonds. The molecule has 54 heavy (non-hydrogen) atoms. The van der Waals surface area contributed by atoms with Gasteiger partial charge in [0.2, 0.25) is 0 Å². The number of methoxy groups -OCH3 is 1. The van der Waals surface area contributed by atoms with Crippen LogP contribution in [0.25, 0.3) is 20.9 Å². The summed E-state index contributed by atoms with van der Waals surface area (Å²) in [7, 11) is 1.53. The molecule has 2 heterocycles. The molecule has 0 radical (unpaired) electrons. The third-order valence-electron chi connectivity index (χ3n) is 9.16. The van der Waals surface area contributed by atoms with E-state index in [1.165, 1.54) is 7.11 Å². The fraction of sp³-hybridized carbons (Fsp3) is 0.400. The van der Waals surface area contributed by atoms with Crippen LogP contribution in [0.3, 0.4) is 0 Å². The van der Waals surface area contributed by atoms with Gasteiger partial charge in [-0.15, -0.1) is 0 Å². The molecule has 14 nitrogen and oxygen atoms in total. The summed E-state index contributed by atoms with van der Waals surface area (Å²) in [5, 5.41) is 8.03. The van der Waals surface area contributed by atoms with E-state index in [0.29, 0.717) is 6.61 Å². The lowest BCUT2D eigenvalue weighted by Crippen LogP contribution is -2.61. The Morgan fingerprint density at radius 3 is 1.54 bits per heavy atom. The monoisotopic (exact) mass is 736 g/mol. The maximum absolute atomic E-state index is 9.92. The molecule has 0 bridgehead atoms. The van der Waals surface area contributed by atoms with E-state index in [0.717, 1.165) is 22.3 Å². The Kier molecular flexibility index (Phi) is 14.8. The second kappa shape index (κ2) is 20.6. The van der Waals surface area contributed by atoms with Crippen molar-refractivity contribution in [3.8, 4) is 0 Å². The van der Waals surface area contributed by atoms with Crippen molar-refractivity contribution in [2.45, 2.75) is 81.7 Å². The summed E-state index contributed by atoms with van der Waals surface area (Å²) in [4.78, 5) is 6.19. The molecule has 0 saturated carbocycles. The molecule has 6 rings (SSSR count). The van der Waals surface area contributed by atoms with Crippen LogP contribution in [0, 0.1) is 0 Å². The molecule has 282 valence electrons. The molecule has 0 N–H and O–H groups in total. The Morgan fingerprint density at radius 2 is 1.04 bits per heavy atom. The summed E-state index contributed by atoms with van der Waals surface area (Å²) in [6.07, 6.45) is -6.85. The van der Waals surface area contributed by atoms with Gasteiger partial charge in [0.25, 0.3) is 0 Å². The molecule has 2 aliphatic rings. The van der Waals surface area contributed by atoms with Crippen molar-refractivity contribution in [3.63, 3.8) is 0 Å². The maximum Gasteiger partial charge on any atom is 0.186 e. The summed E-state index contributed by atoms with van der Waals surface area (Å²) in [5.41, 5.74) is 23.0. The Balaban J connectivity index is 1.30. The highest BCUT2D eigenvalue weighted by Crippen LogP contribution is 2.36. The Labute approximate surface area is 314 Å². The lowest BCUT2D eigenvalue weighted by Gasteiger charge is -2.45. The smallest absolute Gasteiger partial charge is 0.186 e. The topological polar surface area (TPSA) is 171 Å². The number of hydrogen-bond donors (Lipinski definition) is 0. The number of azide groups is 2. The number of benzene rings is 4. The van der Waals surface area contributed by atoms with Crippen LogP contribution in [0.2, 0.25) is 0 Å². The van der Waals surface area contributed by atoms with Gasteiger partial charge in [-0.2, -0.15) is 0 Å². The van der Waals surface area contributed by atoms with E-state index in [2.05, 4.69) is 20.1 Å². The minimum atomic E-state index is -1.21. The maximum atomic E-state index is 9.92. The molecule has 2 aliphatic heterocycles. The van der Waals surface area contributed by atoms with Crippen molar-refractivity contribution in [2.75, 3.05) is 20.3 Å². The second-order valence-electron chi connectivity index (χ2n) is 12.8. The average molecular weight is 737 g/mol. The zero-order valence-electron chi connectivity index (χ0n) is 29.9. The summed E-state index contributed by atoms with van der Waals surface area (Å²) in [6.45, 7) is 0.975. The van der Waals surface area contributed by atoms with Crippen molar-refractivity contribution in [3.05, 3.63) is 164 Å². The Morgan fingerprint density at radius 1 is 0.556 bits per heavy atom. The van der Waals surface area contributed by atoms with Crippen LogP contribution in [-0.2, 0) is 64.3 Å². The Bertz CT molecular complexity index is 1780. The predicted octanol–water partition coefficient (Wildman–Crippen LogP) is 7.43. The fourth-order valence-corrected chi connectivity index (χ4v) is 6.52. The zero-order valence-corrected chi connectivity index (χ0v) is 29.9. The number of nitrogens with zero attached hydrogens (tertiary/aromatic N) is 6. The van der Waals surface area contributed by atoms with Crippen molar-refractivity contribution < 1.29 is 37.9 Å². The Hall–Kier alpha value is -4.82. The van der Waals surface area contributed by atoms with Gasteiger partial charge < -0.3 is 37.9 Å². The predicted molar refractivity (Wildman–Crippen MR) is 197 cm³/mol. The van der Waals surface area contributed by atoms with Crippen molar-refractivity contribution in [1.82, 2.24) is 0 Å². The van der Waals surface area contributed by atoms with Crippen LogP contribution >= 0.6 is 0 Å². The number of rotatable bonds is 19. The SMILES string of the molecule is CO[C@H]1O[C@H](COCc2ccccc2)[C@@H](O[C@H]2O[C@@H](CN=[N+]=[N-])[C@@H](OCc3ccccc3)[C@H](OCc3ccccc3)[C@H]2N=[N+]=[N-])[C@H]1OCc1ccccc1. The van der Waals surface area contributed by atoms with E-state index in [4.69, 9.17) is 37.9 Å². The molecule has 9 atom stereocenters. The van der Waals surface area contributed by atoms with Gasteiger partial charge in [-0.25, -0.2) is 0 Å². The quantitative estimate of drug-likeness (QED) is 0.0543. The second-order valence-corrected chi connectivity index (χ2v) is 12.8. The molecule has 4 aromatic rings. The molecule has 2 saturated heterocycles. The van der Waals surface area contributed by atoms with E-state index in [1.807, 2.05) is 121 Å². The molecule has 0 spiro atoms. The van der Waals surface area contributed by atoms with Crippen LogP contribution in [0.4, 0.5) is 0 Å². The van der Waals surface area contributed by atoms with Crippen molar-refractivity contribution >= 4 is 0 Å². The standard InChI is InChI=1S/C40H44N6O8/c1-47-40-38(51-26-31-20-12-5-13-21-31)36(33(53-40)27-48-23-28-14-6-2-7-15-28)54-39-34(44-46-42)37(50-25-30-18-10-4-11-19-30)35(32(52-39)22-43-45-41)49-24-29-16-8-3-9-17-29/h2-21,32-40H,22-27H2,1H3/t32-,33+,34+,35+,36+,37+,38+,39+,40-/m0/s1. The summed E-state index contributed by atoms with van der Waals surface area (Å²) in [6, 6.07) is 37.7. The summed E-state index contributed by atoms with van der Waals surface area (Å²) >= 11 is 0. The van der Waals surface area contributed by atoms with E-state index < -0.39 is 55.2 Å². The number of hydrogen-bond acceptors (Lipinski definition) is 10. The third kappa shape index (κ3) is 10.7. The molecule has 0 aliphatic carbocycles. The fourth-order valence-electron chi connectivity index (χ4n) is 6.52. The minimum Gasteiger partial charge on any atom is -0.374 e. The van der Waals surface area contributed by atoms with E-state index in [9.17, 15) is 11.1 Å². The summed E-state index contributed by atoms with van der Waals surface area (Å²) < 4.78 is 51.1. The van der Waals surface area contributed by atoms with Crippen LogP contribution < -0.4 is 0 Å². The number of ether oxygens (including phenoxy) is 8. The largest absolute Gasteiger partial charge is 0.374 e. The van der Waals surface area contributed by atoms with Crippen molar-refractivity contribution in [2.24, 2.45) is 10.2 Å². The van der Waals surface area contributed by atoms with Gasteiger partial charge in [-0.05, 0) is 33.3 Å². The highest BCUT2D eigenvalue weighted by molar-refractivity contribution is 5.16. The van der Waals surface area contributed by atoms with Crippen LogP contribution in [0.15, 0.2) is 132 Å². The van der Waals surface area contributed by atoms with E-state index >= 15 is 0 Å². The molecular weight excluding hydrogens is 692 g/mol. The first-order valence-corrected chi connectivity index (χ1v) is 17.8. The zero-order chi connectivity index (χ0) is 37.4. The third-order valence-corrected chi connectivity index (χ3v) is 9.16. The normalized spacial score (nSPS) is 26.4. The van der Waals surface area contributed by atoms with Crippen LogP contribution in [-0.4, -0.2) is 75.5 Å². The minimum absolute atomic E-state index is 0.108. The van der Waals surface area contributed by atoms with Crippen LogP contribution in [0.5, 0.6) is 0 Å². The van der Waals surface area contributed by atoms with Gasteiger partial charge in [0.15, 0.2) is 12.6 Å². The van der Waals surface area contributed by atoms with Gasteiger partial charge in [-0.1, -0.05) is 132 Å². The van der Waals surface area contributed by atoms with Gasteiger partial charge in [0, 0.05) is 16.9 Å². The highest BCUT2D eigenvalue weighted by atomic mass is 16.8. The van der Waals surface area contributed by atoms with Gasteiger partial charge >= 0.3 is 0 Å². The molecule has 14 heteroatoms. The molecule has 2 fully saturated rings. The molecule has 0 aromatic heterocycles. The van der Waals surface area contributed by atoms with Gasteiger partial charge in [0.05, 0.1) is 45.7 Å². The average Bonchev–Trinajstić information content (AvgIpc) is 3.55.